The first-order chi connectivity index (χ1) is 8.92. The van der Waals surface area contributed by atoms with E-state index in [0.29, 0.717) is 13.0 Å². The molecule has 19 heavy (non-hydrogen) atoms. The van der Waals surface area contributed by atoms with Crippen LogP contribution < -0.4 is 10.6 Å². The highest BCUT2D eigenvalue weighted by molar-refractivity contribution is 5.91. The van der Waals surface area contributed by atoms with Gasteiger partial charge in [0.1, 0.15) is 0 Å². The number of hydrogen-bond donors (Lipinski definition) is 2. The lowest BCUT2D eigenvalue weighted by Crippen LogP contribution is -2.18. The van der Waals surface area contributed by atoms with Crippen LogP contribution >= 0.6 is 0 Å². The van der Waals surface area contributed by atoms with Gasteiger partial charge in [-0.25, -0.2) is 0 Å². The molecule has 6 heteroatoms. The topological polar surface area (TPSA) is 41.1 Å². The Morgan fingerprint density at radius 2 is 1.95 bits per heavy atom. The molecule has 1 amide bonds. The summed E-state index contributed by atoms with van der Waals surface area (Å²) in [6.07, 6.45) is -4.40. The SMILES string of the molecule is CNCCCC(=O)Nc1ccccc1CC(F)(F)F. The van der Waals surface area contributed by atoms with Crippen molar-refractivity contribution < 1.29 is 18.0 Å². The highest BCUT2D eigenvalue weighted by Gasteiger charge is 2.28. The fourth-order valence-corrected chi connectivity index (χ4v) is 1.65. The van der Waals surface area contributed by atoms with Gasteiger partial charge in [-0.3, -0.25) is 4.79 Å². The minimum atomic E-state index is -4.28. The quantitative estimate of drug-likeness (QED) is 0.783. The average Bonchev–Trinajstić information content (AvgIpc) is 2.30. The van der Waals surface area contributed by atoms with Crippen molar-refractivity contribution >= 4 is 11.6 Å². The lowest BCUT2D eigenvalue weighted by atomic mass is 10.1. The Bertz CT molecular complexity index is 419. The predicted molar refractivity (Wildman–Crippen MR) is 68.0 cm³/mol. The summed E-state index contributed by atoms with van der Waals surface area (Å²) in [5, 5.41) is 5.43. The van der Waals surface area contributed by atoms with Crippen molar-refractivity contribution in [2.24, 2.45) is 0 Å². The molecule has 0 aromatic heterocycles. The fourth-order valence-electron chi connectivity index (χ4n) is 1.65. The molecule has 1 aromatic rings. The summed E-state index contributed by atoms with van der Waals surface area (Å²) >= 11 is 0. The Hall–Kier alpha value is -1.56. The van der Waals surface area contributed by atoms with Crippen LogP contribution in [0.2, 0.25) is 0 Å². The van der Waals surface area contributed by atoms with Gasteiger partial charge < -0.3 is 10.6 Å². The van der Waals surface area contributed by atoms with Crippen molar-refractivity contribution in [1.29, 1.82) is 0 Å². The van der Waals surface area contributed by atoms with E-state index in [1.54, 1.807) is 13.1 Å². The Labute approximate surface area is 110 Å². The molecule has 0 spiro atoms. The number of halogens is 3. The third-order valence-corrected chi connectivity index (χ3v) is 2.51. The van der Waals surface area contributed by atoms with Crippen LogP contribution in [-0.4, -0.2) is 25.7 Å². The van der Waals surface area contributed by atoms with Gasteiger partial charge in [0.25, 0.3) is 0 Å². The number of para-hydroxylation sites is 1. The molecule has 0 fully saturated rings. The third-order valence-electron chi connectivity index (χ3n) is 2.51. The molecule has 3 nitrogen and oxygen atoms in total. The maximum Gasteiger partial charge on any atom is 0.393 e. The van der Waals surface area contributed by atoms with E-state index in [2.05, 4.69) is 10.6 Å². The zero-order valence-electron chi connectivity index (χ0n) is 10.7. The second kappa shape index (κ2) is 7.13. The van der Waals surface area contributed by atoms with Crippen molar-refractivity contribution in [2.45, 2.75) is 25.4 Å². The van der Waals surface area contributed by atoms with Crippen molar-refractivity contribution in [3.8, 4) is 0 Å². The highest BCUT2D eigenvalue weighted by atomic mass is 19.4. The minimum absolute atomic E-state index is 0.0805. The number of amides is 1. The second-order valence-electron chi connectivity index (χ2n) is 4.20. The first kappa shape index (κ1) is 15.5. The van der Waals surface area contributed by atoms with E-state index >= 15 is 0 Å². The number of rotatable bonds is 6. The summed E-state index contributed by atoms with van der Waals surface area (Å²) in [7, 11) is 1.77. The maximum atomic E-state index is 12.4. The molecule has 0 unspecified atom stereocenters. The molecular formula is C13H17F3N2O. The van der Waals surface area contributed by atoms with Crippen LogP contribution in [0.1, 0.15) is 18.4 Å². The molecule has 0 aliphatic heterocycles. The summed E-state index contributed by atoms with van der Waals surface area (Å²) < 4.78 is 37.2. The van der Waals surface area contributed by atoms with Crippen LogP contribution in [0.3, 0.4) is 0 Å². The number of nitrogens with one attached hydrogen (secondary N) is 2. The summed E-state index contributed by atoms with van der Waals surface area (Å²) in [6, 6.07) is 5.98. The van der Waals surface area contributed by atoms with Crippen molar-refractivity contribution in [3.05, 3.63) is 29.8 Å². The van der Waals surface area contributed by atoms with E-state index in [9.17, 15) is 18.0 Å². The molecule has 2 N–H and O–H groups in total. The molecular weight excluding hydrogens is 257 g/mol. The van der Waals surface area contributed by atoms with Crippen LogP contribution in [0, 0.1) is 0 Å². The Morgan fingerprint density at radius 3 is 2.58 bits per heavy atom. The number of alkyl halides is 3. The van der Waals surface area contributed by atoms with Crippen molar-refractivity contribution in [3.63, 3.8) is 0 Å². The molecule has 0 atom stereocenters. The van der Waals surface area contributed by atoms with E-state index in [4.69, 9.17) is 0 Å². The lowest BCUT2D eigenvalue weighted by Gasteiger charge is -2.12. The smallest absolute Gasteiger partial charge is 0.326 e. The second-order valence-corrected chi connectivity index (χ2v) is 4.20. The van der Waals surface area contributed by atoms with E-state index < -0.39 is 12.6 Å². The lowest BCUT2D eigenvalue weighted by molar-refractivity contribution is -0.127. The summed E-state index contributed by atoms with van der Waals surface area (Å²) in [5.41, 5.74) is 0.311. The molecule has 0 aliphatic rings. The van der Waals surface area contributed by atoms with Crippen LogP contribution in [0.4, 0.5) is 18.9 Å². The van der Waals surface area contributed by atoms with E-state index in [1.165, 1.54) is 18.2 Å². The summed E-state index contributed by atoms with van der Waals surface area (Å²) in [6.45, 7) is 0.692. The summed E-state index contributed by atoms with van der Waals surface area (Å²) in [5.74, 6) is -0.273. The Kier molecular flexibility index (Phi) is 5.82. The van der Waals surface area contributed by atoms with Gasteiger partial charge in [-0.2, -0.15) is 13.2 Å². The molecule has 0 saturated carbocycles. The summed E-state index contributed by atoms with van der Waals surface area (Å²) in [4.78, 5) is 11.6. The standard InChI is InChI=1S/C13H17F3N2O/c1-17-8-4-7-12(19)18-11-6-3-2-5-10(11)9-13(14,15)16/h2-3,5-6,17H,4,7-9H2,1H3,(H,18,19). The zero-order chi connectivity index (χ0) is 14.3. The number of benzene rings is 1. The van der Waals surface area contributed by atoms with Gasteiger partial charge >= 0.3 is 6.18 Å². The van der Waals surface area contributed by atoms with Gasteiger partial charge in [0.2, 0.25) is 5.91 Å². The van der Waals surface area contributed by atoms with Gasteiger partial charge in [0.05, 0.1) is 6.42 Å². The zero-order valence-corrected chi connectivity index (χ0v) is 10.7. The van der Waals surface area contributed by atoms with Gasteiger partial charge in [0, 0.05) is 12.1 Å². The monoisotopic (exact) mass is 274 g/mol. The van der Waals surface area contributed by atoms with E-state index in [1.807, 2.05) is 0 Å². The molecule has 0 bridgehead atoms. The molecule has 106 valence electrons. The Balaban J connectivity index is 2.64. The molecule has 0 saturated heterocycles. The number of anilines is 1. The normalized spacial score (nSPS) is 11.4. The number of hydrogen-bond acceptors (Lipinski definition) is 2. The van der Waals surface area contributed by atoms with Gasteiger partial charge in [-0.1, -0.05) is 18.2 Å². The van der Waals surface area contributed by atoms with Crippen molar-refractivity contribution in [1.82, 2.24) is 5.32 Å². The molecule has 0 heterocycles. The largest absolute Gasteiger partial charge is 0.393 e. The van der Waals surface area contributed by atoms with E-state index in [0.717, 1.165) is 0 Å². The third kappa shape index (κ3) is 6.24. The van der Waals surface area contributed by atoms with Crippen molar-refractivity contribution in [2.75, 3.05) is 18.9 Å². The van der Waals surface area contributed by atoms with Crippen LogP contribution in [-0.2, 0) is 11.2 Å². The van der Waals surface area contributed by atoms with E-state index in [-0.39, 0.29) is 23.6 Å². The average molecular weight is 274 g/mol. The number of carbonyl (C=O) groups excluding carboxylic acids is 1. The first-order valence-electron chi connectivity index (χ1n) is 6.01. The van der Waals surface area contributed by atoms with Crippen LogP contribution in [0.5, 0.6) is 0 Å². The predicted octanol–water partition coefficient (Wildman–Crippen LogP) is 2.73. The first-order valence-corrected chi connectivity index (χ1v) is 6.01. The van der Waals surface area contributed by atoms with Crippen LogP contribution in [0.15, 0.2) is 24.3 Å². The molecule has 1 rings (SSSR count). The highest BCUT2D eigenvalue weighted by Crippen LogP contribution is 2.26. The Morgan fingerprint density at radius 1 is 1.26 bits per heavy atom. The molecule has 1 aromatic carbocycles. The molecule has 0 aliphatic carbocycles. The van der Waals surface area contributed by atoms with Gasteiger partial charge in [0.15, 0.2) is 0 Å². The number of carbonyl (C=O) groups is 1. The molecule has 0 radical (unpaired) electrons. The fraction of sp³-hybridized carbons (Fsp3) is 0.462. The van der Waals surface area contributed by atoms with Gasteiger partial charge in [-0.15, -0.1) is 0 Å². The maximum absolute atomic E-state index is 12.4. The van der Waals surface area contributed by atoms with Crippen LogP contribution in [0.25, 0.3) is 0 Å². The van der Waals surface area contributed by atoms with Gasteiger partial charge in [-0.05, 0) is 31.6 Å². The minimum Gasteiger partial charge on any atom is -0.326 e.